The fraction of sp³-hybridized carbons (Fsp3) is 0.292. The molecule has 0 saturated carbocycles. The molecule has 1 aliphatic heterocycles. The molecule has 36 heavy (non-hydrogen) atoms. The van der Waals surface area contributed by atoms with Crippen LogP contribution in [0.4, 0.5) is 4.39 Å². The molecule has 10 nitrogen and oxygen atoms in total. The zero-order valence-corrected chi connectivity index (χ0v) is 20.2. The van der Waals surface area contributed by atoms with Crippen molar-refractivity contribution in [2.45, 2.75) is 0 Å². The highest BCUT2D eigenvalue weighted by Crippen LogP contribution is 2.33. The highest BCUT2D eigenvalue weighted by molar-refractivity contribution is 7.91. The number of rotatable bonds is 7. The van der Waals surface area contributed by atoms with E-state index >= 15 is 0 Å². The molecule has 2 aromatic heterocycles. The van der Waals surface area contributed by atoms with Gasteiger partial charge in [0.25, 0.3) is 5.91 Å². The van der Waals surface area contributed by atoms with E-state index in [4.69, 9.17) is 14.0 Å². The van der Waals surface area contributed by atoms with Gasteiger partial charge in [-0.1, -0.05) is 17.3 Å². The monoisotopic (exact) mass is 514 g/mol. The second-order valence-corrected chi connectivity index (χ2v) is 10.6. The molecule has 2 aromatic carbocycles. The fourth-order valence-corrected chi connectivity index (χ4v) is 5.16. The number of fused-ring (bicyclic) bond motifs is 1. The Balaban J connectivity index is 1.33. The third kappa shape index (κ3) is 4.82. The van der Waals surface area contributed by atoms with Gasteiger partial charge in [-0.2, -0.15) is 5.10 Å². The maximum Gasteiger partial charge on any atom is 0.253 e. The van der Waals surface area contributed by atoms with Gasteiger partial charge in [-0.05, 0) is 18.2 Å². The summed E-state index contributed by atoms with van der Waals surface area (Å²) in [6.45, 7) is 0.934. The number of halogens is 1. The van der Waals surface area contributed by atoms with Gasteiger partial charge >= 0.3 is 0 Å². The quantitative estimate of drug-likeness (QED) is 0.373. The lowest BCUT2D eigenvalue weighted by Gasteiger charge is -2.26. The molecular weight excluding hydrogens is 491 g/mol. The van der Waals surface area contributed by atoms with Crippen LogP contribution in [0, 0.1) is 5.82 Å². The highest BCUT2D eigenvalue weighted by atomic mass is 32.2. The Bertz CT molecular complexity index is 1500. The zero-order valence-electron chi connectivity index (χ0n) is 19.4. The molecular formula is C24H23FN4O6S. The van der Waals surface area contributed by atoms with Gasteiger partial charge in [-0.15, -0.1) is 0 Å². The van der Waals surface area contributed by atoms with Gasteiger partial charge in [0.2, 0.25) is 0 Å². The van der Waals surface area contributed by atoms with Crippen molar-refractivity contribution in [2.75, 3.05) is 44.9 Å². The standard InChI is InChI=1S/C24H23FN4O6S/c1-33-8-9-34-21-14-20-17(12-18(21)25)23(27-26-20)22-13-19(28-35-22)15-2-4-16(5-3-15)24(30)29-6-10-36(31,32)11-7-29/h2-5,12-14H,6-11H2,1H3,(H,26,27). The van der Waals surface area contributed by atoms with Crippen LogP contribution in [0.2, 0.25) is 0 Å². The number of aromatic nitrogens is 3. The van der Waals surface area contributed by atoms with Crippen molar-refractivity contribution in [2.24, 2.45) is 0 Å². The van der Waals surface area contributed by atoms with Crippen LogP contribution >= 0.6 is 0 Å². The van der Waals surface area contributed by atoms with Gasteiger partial charge in [-0.3, -0.25) is 9.89 Å². The number of carbonyl (C=O) groups excluding carboxylic acids is 1. The molecule has 0 atom stereocenters. The minimum Gasteiger partial charge on any atom is -0.488 e. The Hall–Kier alpha value is -3.77. The fourth-order valence-electron chi connectivity index (χ4n) is 3.96. The van der Waals surface area contributed by atoms with E-state index in [1.165, 1.54) is 19.2 Å². The van der Waals surface area contributed by atoms with E-state index in [0.717, 1.165) is 0 Å². The van der Waals surface area contributed by atoms with Crippen molar-refractivity contribution in [1.82, 2.24) is 20.3 Å². The van der Waals surface area contributed by atoms with Gasteiger partial charge in [0, 0.05) is 48.8 Å². The second-order valence-electron chi connectivity index (χ2n) is 8.34. The number of amides is 1. The molecule has 0 bridgehead atoms. The van der Waals surface area contributed by atoms with E-state index in [9.17, 15) is 17.6 Å². The van der Waals surface area contributed by atoms with Crippen LogP contribution in [0.5, 0.6) is 5.75 Å². The summed E-state index contributed by atoms with van der Waals surface area (Å²) in [5.74, 6) is -0.355. The van der Waals surface area contributed by atoms with Crippen molar-refractivity contribution in [3.63, 3.8) is 0 Å². The Morgan fingerprint density at radius 1 is 1.14 bits per heavy atom. The average Bonchev–Trinajstić information content (AvgIpc) is 3.51. The van der Waals surface area contributed by atoms with E-state index in [-0.39, 0.29) is 42.9 Å². The number of methoxy groups -OCH3 is 1. The molecule has 3 heterocycles. The summed E-state index contributed by atoms with van der Waals surface area (Å²) in [7, 11) is -1.53. The van der Waals surface area contributed by atoms with Crippen LogP contribution < -0.4 is 4.74 Å². The minimum absolute atomic E-state index is 0.0214. The predicted molar refractivity (Wildman–Crippen MR) is 129 cm³/mol. The summed E-state index contributed by atoms with van der Waals surface area (Å²) >= 11 is 0. The molecule has 188 valence electrons. The summed E-state index contributed by atoms with van der Waals surface area (Å²) in [4.78, 5) is 14.2. The second kappa shape index (κ2) is 9.70. The first-order chi connectivity index (χ1) is 17.3. The van der Waals surface area contributed by atoms with Crippen LogP contribution in [0.3, 0.4) is 0 Å². The summed E-state index contributed by atoms with van der Waals surface area (Å²) in [5.41, 5.74) is 2.66. The molecule has 1 aliphatic rings. The third-order valence-electron chi connectivity index (χ3n) is 5.96. The van der Waals surface area contributed by atoms with Crippen molar-refractivity contribution in [1.29, 1.82) is 0 Å². The largest absolute Gasteiger partial charge is 0.488 e. The first-order valence-electron chi connectivity index (χ1n) is 11.2. The summed E-state index contributed by atoms with van der Waals surface area (Å²) in [5, 5.41) is 11.7. The number of aromatic amines is 1. The summed E-state index contributed by atoms with van der Waals surface area (Å²) in [6.07, 6.45) is 0. The molecule has 1 fully saturated rings. The molecule has 1 N–H and O–H groups in total. The van der Waals surface area contributed by atoms with E-state index in [2.05, 4.69) is 15.4 Å². The number of hydrogen-bond acceptors (Lipinski definition) is 8. The van der Waals surface area contributed by atoms with Crippen molar-refractivity contribution < 1.29 is 31.6 Å². The van der Waals surface area contributed by atoms with E-state index in [1.54, 1.807) is 35.2 Å². The maximum absolute atomic E-state index is 14.6. The predicted octanol–water partition coefficient (Wildman–Crippen LogP) is 2.92. The average molecular weight is 515 g/mol. The van der Waals surface area contributed by atoms with E-state index in [0.29, 0.717) is 45.8 Å². The molecule has 12 heteroatoms. The van der Waals surface area contributed by atoms with Crippen molar-refractivity contribution >= 4 is 26.6 Å². The molecule has 5 rings (SSSR count). The van der Waals surface area contributed by atoms with Gasteiger partial charge < -0.3 is 18.9 Å². The Labute approximate surface area is 205 Å². The SMILES string of the molecule is COCCOc1cc2[nH]nc(-c3cc(-c4ccc(C(=O)N5CCS(=O)(=O)CC5)cc4)no3)c2cc1F. The number of sulfone groups is 1. The topological polar surface area (TPSA) is 128 Å². The summed E-state index contributed by atoms with van der Waals surface area (Å²) < 4.78 is 53.6. The van der Waals surface area contributed by atoms with Crippen LogP contribution in [0.1, 0.15) is 10.4 Å². The number of H-pyrrole nitrogens is 1. The van der Waals surface area contributed by atoms with Crippen LogP contribution in [-0.2, 0) is 14.6 Å². The molecule has 0 unspecified atom stereocenters. The lowest BCUT2D eigenvalue weighted by Crippen LogP contribution is -2.43. The lowest BCUT2D eigenvalue weighted by atomic mass is 10.1. The van der Waals surface area contributed by atoms with Crippen LogP contribution in [0.25, 0.3) is 33.6 Å². The van der Waals surface area contributed by atoms with Gasteiger partial charge in [0.1, 0.15) is 18.0 Å². The highest BCUT2D eigenvalue weighted by Gasteiger charge is 2.26. The van der Waals surface area contributed by atoms with Gasteiger partial charge in [-0.25, -0.2) is 12.8 Å². The molecule has 1 saturated heterocycles. The molecule has 0 spiro atoms. The normalized spacial score (nSPS) is 15.3. The molecule has 4 aromatic rings. The number of hydrogen-bond donors (Lipinski definition) is 1. The van der Waals surface area contributed by atoms with Crippen LogP contribution in [-0.4, -0.2) is 79.5 Å². The van der Waals surface area contributed by atoms with Gasteiger partial charge in [0.05, 0.1) is 23.6 Å². The minimum atomic E-state index is -3.07. The Kier molecular flexibility index (Phi) is 6.46. The molecule has 1 amide bonds. The Morgan fingerprint density at radius 3 is 2.61 bits per heavy atom. The summed E-state index contributed by atoms with van der Waals surface area (Å²) in [6, 6.07) is 11.3. The number of carbonyl (C=O) groups is 1. The third-order valence-corrected chi connectivity index (χ3v) is 7.57. The zero-order chi connectivity index (χ0) is 25.3. The number of benzene rings is 2. The van der Waals surface area contributed by atoms with Crippen LogP contribution in [0.15, 0.2) is 47.0 Å². The van der Waals surface area contributed by atoms with E-state index in [1.807, 2.05) is 0 Å². The number of nitrogens with one attached hydrogen (secondary N) is 1. The number of ether oxygens (including phenoxy) is 2. The smallest absolute Gasteiger partial charge is 0.253 e. The molecule has 0 radical (unpaired) electrons. The first-order valence-corrected chi connectivity index (χ1v) is 13.0. The lowest BCUT2D eigenvalue weighted by molar-refractivity contribution is 0.0770. The van der Waals surface area contributed by atoms with Crippen molar-refractivity contribution in [3.8, 4) is 28.5 Å². The van der Waals surface area contributed by atoms with Crippen molar-refractivity contribution in [3.05, 3.63) is 53.8 Å². The first kappa shape index (κ1) is 23.9. The van der Waals surface area contributed by atoms with E-state index < -0.39 is 15.7 Å². The maximum atomic E-state index is 14.6. The molecule has 0 aliphatic carbocycles. The number of nitrogens with zero attached hydrogens (tertiary/aromatic N) is 3. The van der Waals surface area contributed by atoms with Gasteiger partial charge in [0.15, 0.2) is 27.2 Å². The Morgan fingerprint density at radius 2 is 1.89 bits per heavy atom.